The Morgan fingerprint density at radius 1 is 1.10 bits per heavy atom. The van der Waals surface area contributed by atoms with Crippen LogP contribution in [0.2, 0.25) is 0 Å². The lowest BCUT2D eigenvalue weighted by molar-refractivity contribution is 0.0696. The molecule has 1 aromatic carbocycles. The molecule has 0 amide bonds. The summed E-state index contributed by atoms with van der Waals surface area (Å²) in [5, 5.41) is 9.11. The van der Waals surface area contributed by atoms with Gasteiger partial charge in [-0.2, -0.15) is 0 Å². The highest BCUT2D eigenvalue weighted by molar-refractivity contribution is 5.89. The van der Waals surface area contributed by atoms with E-state index in [1.165, 1.54) is 0 Å². The second-order valence-electron chi connectivity index (χ2n) is 4.83. The maximum atomic E-state index is 11.1. The highest BCUT2D eigenvalue weighted by Crippen LogP contribution is 2.33. The minimum Gasteiger partial charge on any atom is -0.490 e. The molecular formula is C16H24O4. The summed E-state index contributed by atoms with van der Waals surface area (Å²) < 4.78 is 11.4. The van der Waals surface area contributed by atoms with E-state index in [-0.39, 0.29) is 5.56 Å². The first-order chi connectivity index (χ1) is 9.60. The van der Waals surface area contributed by atoms with Crippen molar-refractivity contribution in [2.24, 2.45) is 0 Å². The molecule has 0 bridgehead atoms. The number of rotatable bonds is 9. The van der Waals surface area contributed by atoms with Crippen LogP contribution in [0.3, 0.4) is 0 Å². The lowest BCUT2D eigenvalue weighted by atomic mass is 10.1. The fourth-order valence-electron chi connectivity index (χ4n) is 1.80. The molecule has 20 heavy (non-hydrogen) atoms. The summed E-state index contributed by atoms with van der Waals surface area (Å²) in [6.45, 7) is 7.22. The Balaban J connectivity index is 2.95. The predicted octanol–water partition coefficient (Wildman–Crippen LogP) is 4.05. The molecule has 1 rings (SSSR count). The standard InChI is InChI=1S/C16H24O4/c1-4-6-8-19-14-11-13(16(17)18)10-12(3)15(14)20-9-7-5-2/h10-11H,4-9H2,1-3H3,(H,17,18). The van der Waals surface area contributed by atoms with Gasteiger partial charge in [0.05, 0.1) is 18.8 Å². The summed E-state index contributed by atoms with van der Waals surface area (Å²) in [6, 6.07) is 3.17. The van der Waals surface area contributed by atoms with Crippen LogP contribution in [0.25, 0.3) is 0 Å². The maximum Gasteiger partial charge on any atom is 0.335 e. The molecule has 0 radical (unpaired) electrons. The van der Waals surface area contributed by atoms with Gasteiger partial charge in [-0.1, -0.05) is 26.7 Å². The summed E-state index contributed by atoms with van der Waals surface area (Å²) >= 11 is 0. The average molecular weight is 280 g/mol. The van der Waals surface area contributed by atoms with Crippen LogP contribution in [0.4, 0.5) is 0 Å². The van der Waals surface area contributed by atoms with Crippen molar-refractivity contribution in [3.8, 4) is 11.5 Å². The Morgan fingerprint density at radius 2 is 1.70 bits per heavy atom. The number of unbranched alkanes of at least 4 members (excludes halogenated alkanes) is 2. The summed E-state index contributed by atoms with van der Waals surface area (Å²) in [5.41, 5.74) is 1.03. The molecule has 4 heteroatoms. The quantitative estimate of drug-likeness (QED) is 0.693. The van der Waals surface area contributed by atoms with Crippen molar-refractivity contribution >= 4 is 5.97 Å². The third-order valence-electron chi connectivity index (χ3n) is 2.99. The maximum absolute atomic E-state index is 11.1. The van der Waals surface area contributed by atoms with E-state index >= 15 is 0 Å². The van der Waals surface area contributed by atoms with Crippen molar-refractivity contribution in [2.75, 3.05) is 13.2 Å². The van der Waals surface area contributed by atoms with Gasteiger partial charge in [-0.05, 0) is 37.5 Å². The summed E-state index contributed by atoms with van der Waals surface area (Å²) in [5.74, 6) is 0.250. The molecule has 0 aliphatic carbocycles. The molecule has 0 unspecified atom stereocenters. The first-order valence-electron chi connectivity index (χ1n) is 7.23. The molecule has 112 valence electrons. The zero-order valence-electron chi connectivity index (χ0n) is 12.6. The van der Waals surface area contributed by atoms with Crippen LogP contribution in [0.15, 0.2) is 12.1 Å². The predicted molar refractivity (Wildman–Crippen MR) is 78.9 cm³/mol. The van der Waals surface area contributed by atoms with E-state index in [0.717, 1.165) is 31.2 Å². The third-order valence-corrected chi connectivity index (χ3v) is 2.99. The molecule has 0 heterocycles. The smallest absolute Gasteiger partial charge is 0.335 e. The minimum atomic E-state index is -0.950. The topological polar surface area (TPSA) is 55.8 Å². The minimum absolute atomic E-state index is 0.233. The molecule has 0 atom stereocenters. The molecule has 1 N–H and O–H groups in total. The zero-order chi connectivity index (χ0) is 15.0. The number of aromatic carboxylic acids is 1. The van der Waals surface area contributed by atoms with Crippen LogP contribution >= 0.6 is 0 Å². The molecule has 0 fully saturated rings. The van der Waals surface area contributed by atoms with Gasteiger partial charge in [0, 0.05) is 0 Å². The van der Waals surface area contributed by atoms with Crippen molar-refractivity contribution in [1.29, 1.82) is 0 Å². The molecule has 0 aromatic heterocycles. The van der Waals surface area contributed by atoms with Crippen LogP contribution in [0.5, 0.6) is 11.5 Å². The Bertz CT molecular complexity index is 440. The van der Waals surface area contributed by atoms with E-state index in [9.17, 15) is 4.79 Å². The molecule has 0 aliphatic heterocycles. The van der Waals surface area contributed by atoms with E-state index in [4.69, 9.17) is 14.6 Å². The Labute approximate surface area is 120 Å². The Hall–Kier alpha value is -1.71. The van der Waals surface area contributed by atoms with Gasteiger partial charge in [0.2, 0.25) is 0 Å². The number of carbonyl (C=O) groups is 1. The van der Waals surface area contributed by atoms with Crippen LogP contribution in [0, 0.1) is 6.92 Å². The van der Waals surface area contributed by atoms with Crippen molar-refractivity contribution in [3.63, 3.8) is 0 Å². The summed E-state index contributed by atoms with van der Waals surface area (Å²) in [6.07, 6.45) is 3.99. The molecular weight excluding hydrogens is 256 g/mol. The molecule has 0 spiro atoms. The summed E-state index contributed by atoms with van der Waals surface area (Å²) in [7, 11) is 0. The van der Waals surface area contributed by atoms with Crippen LogP contribution in [-0.4, -0.2) is 24.3 Å². The highest BCUT2D eigenvalue weighted by Gasteiger charge is 2.14. The molecule has 1 aromatic rings. The van der Waals surface area contributed by atoms with Gasteiger partial charge >= 0.3 is 5.97 Å². The zero-order valence-corrected chi connectivity index (χ0v) is 12.6. The number of ether oxygens (including phenoxy) is 2. The number of carboxylic acid groups (broad SMARTS) is 1. The third kappa shape index (κ3) is 4.76. The van der Waals surface area contributed by atoms with Gasteiger partial charge in [0.25, 0.3) is 0 Å². The molecule has 0 saturated heterocycles. The normalized spacial score (nSPS) is 10.3. The average Bonchev–Trinajstić information content (AvgIpc) is 2.41. The summed E-state index contributed by atoms with van der Waals surface area (Å²) in [4.78, 5) is 11.1. The van der Waals surface area contributed by atoms with E-state index in [1.807, 2.05) is 6.92 Å². The Kier molecular flexibility index (Phi) is 6.91. The number of carboxylic acids is 1. The molecule has 0 aliphatic rings. The fourth-order valence-corrected chi connectivity index (χ4v) is 1.80. The van der Waals surface area contributed by atoms with E-state index in [0.29, 0.717) is 24.7 Å². The lowest BCUT2D eigenvalue weighted by Crippen LogP contribution is -2.06. The van der Waals surface area contributed by atoms with Crippen LogP contribution in [-0.2, 0) is 0 Å². The van der Waals surface area contributed by atoms with Gasteiger partial charge in [0.1, 0.15) is 0 Å². The highest BCUT2D eigenvalue weighted by atomic mass is 16.5. The van der Waals surface area contributed by atoms with Gasteiger partial charge in [-0.3, -0.25) is 0 Å². The van der Waals surface area contributed by atoms with Gasteiger partial charge < -0.3 is 14.6 Å². The van der Waals surface area contributed by atoms with Crippen molar-refractivity contribution < 1.29 is 19.4 Å². The van der Waals surface area contributed by atoms with E-state index in [1.54, 1.807) is 12.1 Å². The van der Waals surface area contributed by atoms with Gasteiger partial charge in [0.15, 0.2) is 11.5 Å². The number of aryl methyl sites for hydroxylation is 1. The number of hydrogen-bond donors (Lipinski definition) is 1. The first-order valence-corrected chi connectivity index (χ1v) is 7.23. The van der Waals surface area contributed by atoms with Gasteiger partial charge in [-0.15, -0.1) is 0 Å². The fraction of sp³-hybridized carbons (Fsp3) is 0.562. The van der Waals surface area contributed by atoms with E-state index < -0.39 is 5.97 Å². The first kappa shape index (κ1) is 16.3. The second kappa shape index (κ2) is 8.46. The Morgan fingerprint density at radius 3 is 2.25 bits per heavy atom. The lowest BCUT2D eigenvalue weighted by Gasteiger charge is -2.15. The monoisotopic (exact) mass is 280 g/mol. The van der Waals surface area contributed by atoms with Crippen LogP contribution in [0.1, 0.15) is 55.5 Å². The largest absolute Gasteiger partial charge is 0.490 e. The van der Waals surface area contributed by atoms with Crippen LogP contribution < -0.4 is 9.47 Å². The van der Waals surface area contributed by atoms with Crippen molar-refractivity contribution in [1.82, 2.24) is 0 Å². The SMILES string of the molecule is CCCCOc1cc(C(=O)O)cc(C)c1OCCCC. The molecule has 4 nitrogen and oxygen atoms in total. The van der Waals surface area contributed by atoms with Gasteiger partial charge in [-0.25, -0.2) is 4.79 Å². The van der Waals surface area contributed by atoms with Crippen molar-refractivity contribution in [3.05, 3.63) is 23.3 Å². The number of benzene rings is 1. The number of hydrogen-bond acceptors (Lipinski definition) is 3. The molecule has 0 saturated carbocycles. The second-order valence-corrected chi connectivity index (χ2v) is 4.83. The van der Waals surface area contributed by atoms with Crippen molar-refractivity contribution in [2.45, 2.75) is 46.5 Å². The van der Waals surface area contributed by atoms with E-state index in [2.05, 4.69) is 13.8 Å².